The summed E-state index contributed by atoms with van der Waals surface area (Å²) < 4.78 is 5.40. The lowest BCUT2D eigenvalue weighted by atomic mass is 9.93. The Kier molecular flexibility index (Phi) is 7.61. The van der Waals surface area contributed by atoms with Crippen LogP contribution in [0.3, 0.4) is 0 Å². The average molecular weight is 447 g/mol. The van der Waals surface area contributed by atoms with Crippen LogP contribution in [-0.2, 0) is 6.42 Å². The highest BCUT2D eigenvalue weighted by molar-refractivity contribution is 6.09. The number of guanidine groups is 2. The molecule has 3 aromatic rings. The van der Waals surface area contributed by atoms with Gasteiger partial charge in [0.05, 0.1) is 5.69 Å². The van der Waals surface area contributed by atoms with E-state index in [1.54, 1.807) is 15.9 Å². The Labute approximate surface area is 194 Å². The number of nitrogens with zero attached hydrogens (tertiary/aromatic N) is 5. The number of rotatable bonds is 6. The molecule has 8 nitrogen and oxygen atoms in total. The third-order valence-electron chi connectivity index (χ3n) is 5.10. The van der Waals surface area contributed by atoms with Crippen LogP contribution >= 0.6 is 0 Å². The Morgan fingerprint density at radius 2 is 1.70 bits per heavy atom. The van der Waals surface area contributed by atoms with Crippen molar-refractivity contribution in [3.05, 3.63) is 83.0 Å². The maximum absolute atomic E-state index is 12.8. The van der Waals surface area contributed by atoms with Gasteiger partial charge >= 0.3 is 0 Å². The van der Waals surface area contributed by atoms with E-state index < -0.39 is 0 Å². The molecule has 0 bridgehead atoms. The molecule has 33 heavy (non-hydrogen) atoms. The van der Waals surface area contributed by atoms with E-state index in [-0.39, 0.29) is 11.7 Å². The molecule has 0 aliphatic rings. The van der Waals surface area contributed by atoms with E-state index in [1.165, 1.54) is 0 Å². The van der Waals surface area contributed by atoms with E-state index in [0.717, 1.165) is 11.3 Å². The van der Waals surface area contributed by atoms with Gasteiger partial charge in [-0.25, -0.2) is 0 Å². The molecule has 0 saturated heterocycles. The Morgan fingerprint density at radius 3 is 2.36 bits per heavy atom. The van der Waals surface area contributed by atoms with Crippen molar-refractivity contribution >= 4 is 23.6 Å². The van der Waals surface area contributed by atoms with E-state index in [9.17, 15) is 4.79 Å². The van der Waals surface area contributed by atoms with E-state index in [2.05, 4.69) is 22.1 Å². The molecule has 0 aliphatic carbocycles. The number of hydrogen-bond donors (Lipinski definition) is 1. The van der Waals surface area contributed by atoms with Crippen LogP contribution in [-0.4, -0.2) is 60.8 Å². The Morgan fingerprint density at radius 1 is 1.00 bits per heavy atom. The third kappa shape index (κ3) is 6.29. The van der Waals surface area contributed by atoms with Crippen LogP contribution in [0, 0.1) is 0 Å². The zero-order valence-electron chi connectivity index (χ0n) is 19.7. The summed E-state index contributed by atoms with van der Waals surface area (Å²) in [5.74, 6) is 1.23. The summed E-state index contributed by atoms with van der Waals surface area (Å²) >= 11 is 0. The molecule has 3 rings (SSSR count). The highest BCUT2D eigenvalue weighted by Crippen LogP contribution is 2.24. The van der Waals surface area contributed by atoms with Crippen LogP contribution in [0.4, 0.5) is 5.88 Å². The molecule has 2 N–H and O–H groups in total. The van der Waals surface area contributed by atoms with Gasteiger partial charge in [-0.3, -0.25) is 4.79 Å². The van der Waals surface area contributed by atoms with Gasteiger partial charge in [-0.05, 0) is 24.0 Å². The molecule has 0 spiro atoms. The molecule has 1 unspecified atom stereocenters. The summed E-state index contributed by atoms with van der Waals surface area (Å²) in [4.78, 5) is 25.0. The SMILES string of the molecule is CC(Cc1cc(N=C(N=C(N)N(C)C)N(C)C)on1)c1cccc(C(=O)c2ccccc2)c1. The smallest absolute Gasteiger partial charge is 0.253 e. The third-order valence-corrected chi connectivity index (χ3v) is 5.10. The monoisotopic (exact) mass is 446 g/mol. The number of ketones is 1. The number of aromatic nitrogens is 1. The molecule has 2 aromatic carbocycles. The number of nitrogens with two attached hydrogens (primary N) is 1. The highest BCUT2D eigenvalue weighted by Gasteiger charge is 2.15. The minimum Gasteiger partial charge on any atom is -0.369 e. The first-order valence-corrected chi connectivity index (χ1v) is 10.7. The van der Waals surface area contributed by atoms with Crippen LogP contribution in [0.2, 0.25) is 0 Å². The van der Waals surface area contributed by atoms with Crippen LogP contribution in [0.25, 0.3) is 0 Å². The summed E-state index contributed by atoms with van der Waals surface area (Å²) in [5.41, 5.74) is 9.08. The molecule has 0 aliphatic heterocycles. The maximum atomic E-state index is 12.8. The molecule has 172 valence electrons. The molecule has 0 fully saturated rings. The quantitative estimate of drug-likeness (QED) is 0.352. The second kappa shape index (κ2) is 10.6. The molecular formula is C25H30N6O2. The zero-order valence-corrected chi connectivity index (χ0v) is 19.7. The fourth-order valence-electron chi connectivity index (χ4n) is 3.15. The van der Waals surface area contributed by atoms with E-state index in [1.807, 2.05) is 82.8 Å². The summed E-state index contributed by atoms with van der Waals surface area (Å²) in [5, 5.41) is 4.16. The zero-order chi connectivity index (χ0) is 24.0. The molecule has 1 aromatic heterocycles. The molecule has 0 radical (unpaired) electrons. The number of carbonyl (C=O) groups is 1. The normalized spacial score (nSPS) is 13.0. The first-order valence-electron chi connectivity index (χ1n) is 10.7. The van der Waals surface area contributed by atoms with Crippen LogP contribution in [0.5, 0.6) is 0 Å². The van der Waals surface area contributed by atoms with Crippen LogP contribution in [0.1, 0.15) is 40.0 Å². The topological polar surface area (TPSA) is 100 Å². The van der Waals surface area contributed by atoms with Gasteiger partial charge in [0.2, 0.25) is 5.96 Å². The van der Waals surface area contributed by atoms with Crippen LogP contribution < -0.4 is 5.73 Å². The molecule has 0 saturated carbocycles. The van der Waals surface area contributed by atoms with Gasteiger partial charge < -0.3 is 20.1 Å². The lowest BCUT2D eigenvalue weighted by Crippen LogP contribution is -2.33. The Balaban J connectivity index is 1.75. The Hall–Kier alpha value is -3.94. The van der Waals surface area contributed by atoms with Crippen molar-refractivity contribution in [2.75, 3.05) is 28.2 Å². The van der Waals surface area contributed by atoms with Gasteiger partial charge in [0, 0.05) is 45.4 Å². The van der Waals surface area contributed by atoms with E-state index in [4.69, 9.17) is 10.3 Å². The van der Waals surface area contributed by atoms with Crippen LogP contribution in [0.15, 0.2) is 75.2 Å². The van der Waals surface area contributed by atoms with Crippen molar-refractivity contribution in [1.29, 1.82) is 0 Å². The molecule has 1 atom stereocenters. The largest absolute Gasteiger partial charge is 0.369 e. The fraction of sp³-hybridized carbons (Fsp3) is 0.280. The standard InChI is InChI=1S/C25H30N6O2/c1-17(19-12-9-13-20(15-19)23(32)18-10-7-6-8-11-18)14-21-16-22(33-29-21)27-25(31(4)5)28-24(26)30(2)3/h6-13,15-17H,14H2,1-5H3,(H2,26,27,28). The van der Waals surface area contributed by atoms with Crippen molar-refractivity contribution in [3.8, 4) is 0 Å². The predicted octanol–water partition coefficient (Wildman–Crippen LogP) is 3.68. The highest BCUT2D eigenvalue weighted by atomic mass is 16.5. The van der Waals surface area contributed by atoms with Gasteiger partial charge in [-0.1, -0.05) is 60.6 Å². The van der Waals surface area contributed by atoms with Crippen molar-refractivity contribution in [2.45, 2.75) is 19.3 Å². The first-order chi connectivity index (χ1) is 15.7. The summed E-state index contributed by atoms with van der Waals surface area (Å²) in [6.45, 7) is 2.09. The number of carbonyl (C=O) groups excluding carboxylic acids is 1. The maximum Gasteiger partial charge on any atom is 0.253 e. The summed E-state index contributed by atoms with van der Waals surface area (Å²) in [7, 11) is 7.27. The minimum atomic E-state index is 0.0106. The van der Waals surface area contributed by atoms with Gasteiger partial charge in [0.15, 0.2) is 11.7 Å². The number of aliphatic imine (C=N–C) groups is 2. The van der Waals surface area contributed by atoms with Gasteiger partial charge in [0.1, 0.15) is 0 Å². The van der Waals surface area contributed by atoms with Gasteiger partial charge in [0.25, 0.3) is 5.88 Å². The average Bonchev–Trinajstić information content (AvgIpc) is 3.25. The second-order valence-corrected chi connectivity index (χ2v) is 8.25. The van der Waals surface area contributed by atoms with Gasteiger partial charge in [-0.15, -0.1) is 0 Å². The van der Waals surface area contributed by atoms with E-state index >= 15 is 0 Å². The molecule has 1 heterocycles. The number of hydrogen-bond acceptors (Lipinski definition) is 4. The predicted molar refractivity (Wildman–Crippen MR) is 131 cm³/mol. The fourth-order valence-corrected chi connectivity index (χ4v) is 3.15. The number of benzene rings is 2. The first kappa shape index (κ1) is 23.7. The molecule has 0 amide bonds. The van der Waals surface area contributed by atoms with Crippen molar-refractivity contribution in [2.24, 2.45) is 15.7 Å². The van der Waals surface area contributed by atoms with Gasteiger partial charge in [-0.2, -0.15) is 9.98 Å². The summed E-state index contributed by atoms with van der Waals surface area (Å²) in [6, 6.07) is 18.8. The molecular weight excluding hydrogens is 416 g/mol. The molecule has 8 heteroatoms. The second-order valence-electron chi connectivity index (χ2n) is 8.25. The summed E-state index contributed by atoms with van der Waals surface area (Å²) in [6.07, 6.45) is 0.641. The van der Waals surface area contributed by atoms with Crippen molar-refractivity contribution < 1.29 is 9.32 Å². The van der Waals surface area contributed by atoms with Crippen molar-refractivity contribution in [3.63, 3.8) is 0 Å². The lowest BCUT2D eigenvalue weighted by molar-refractivity contribution is 0.103. The van der Waals surface area contributed by atoms with Crippen molar-refractivity contribution in [1.82, 2.24) is 15.0 Å². The Bertz CT molecular complexity index is 1150. The van der Waals surface area contributed by atoms with E-state index in [0.29, 0.717) is 35.4 Å². The minimum absolute atomic E-state index is 0.0106. The lowest BCUT2D eigenvalue weighted by Gasteiger charge is -2.14.